The lowest BCUT2D eigenvalue weighted by Gasteiger charge is -2.43. The van der Waals surface area contributed by atoms with Crippen molar-refractivity contribution in [1.82, 2.24) is 10.6 Å². The maximum Gasteiger partial charge on any atom is 0.0179 e. The molecule has 2 N–H and O–H groups in total. The molecule has 1 aliphatic carbocycles. The fourth-order valence-electron chi connectivity index (χ4n) is 2.72. The van der Waals surface area contributed by atoms with E-state index in [0.717, 1.165) is 5.92 Å². The van der Waals surface area contributed by atoms with Gasteiger partial charge in [0.1, 0.15) is 0 Å². The molecule has 2 fully saturated rings. The Morgan fingerprint density at radius 3 is 2.71 bits per heavy atom. The molecule has 82 valence electrons. The molecule has 14 heavy (non-hydrogen) atoms. The van der Waals surface area contributed by atoms with Crippen LogP contribution in [-0.4, -0.2) is 25.2 Å². The Balaban J connectivity index is 1.69. The van der Waals surface area contributed by atoms with Gasteiger partial charge in [-0.25, -0.2) is 0 Å². The van der Waals surface area contributed by atoms with Gasteiger partial charge in [0.05, 0.1) is 0 Å². The van der Waals surface area contributed by atoms with E-state index < -0.39 is 0 Å². The van der Waals surface area contributed by atoms with Gasteiger partial charge >= 0.3 is 0 Å². The van der Waals surface area contributed by atoms with E-state index in [1.165, 1.54) is 58.2 Å². The van der Waals surface area contributed by atoms with Gasteiger partial charge in [-0.2, -0.15) is 0 Å². The van der Waals surface area contributed by atoms with Gasteiger partial charge in [-0.15, -0.1) is 0 Å². The van der Waals surface area contributed by atoms with E-state index in [4.69, 9.17) is 0 Å². The van der Waals surface area contributed by atoms with Crippen molar-refractivity contribution in [2.24, 2.45) is 5.92 Å². The number of rotatable bonds is 4. The summed E-state index contributed by atoms with van der Waals surface area (Å²) in [5.41, 5.74) is 0.539. The minimum atomic E-state index is 0.539. The molecule has 2 nitrogen and oxygen atoms in total. The molecule has 2 heteroatoms. The maximum absolute atomic E-state index is 3.81. The Labute approximate surface area is 87.8 Å². The van der Waals surface area contributed by atoms with Gasteiger partial charge in [-0.05, 0) is 64.1 Å². The SMILES string of the molecule is CCC1(NCC2CCCNC2)CCC1. The molecule has 0 aromatic heterocycles. The van der Waals surface area contributed by atoms with E-state index in [9.17, 15) is 0 Å². The molecule has 1 aliphatic heterocycles. The van der Waals surface area contributed by atoms with Crippen LogP contribution >= 0.6 is 0 Å². The summed E-state index contributed by atoms with van der Waals surface area (Å²) in [5, 5.41) is 7.30. The molecular formula is C12H24N2. The Hall–Kier alpha value is -0.0800. The highest BCUT2D eigenvalue weighted by Crippen LogP contribution is 2.34. The Bertz CT molecular complexity index is 164. The lowest BCUT2D eigenvalue weighted by Crippen LogP contribution is -2.53. The summed E-state index contributed by atoms with van der Waals surface area (Å²) in [5.74, 6) is 0.882. The van der Waals surface area contributed by atoms with Crippen molar-refractivity contribution in [3.8, 4) is 0 Å². The van der Waals surface area contributed by atoms with Crippen molar-refractivity contribution in [3.05, 3.63) is 0 Å². The number of nitrogens with one attached hydrogen (secondary N) is 2. The van der Waals surface area contributed by atoms with Crippen LogP contribution in [0.25, 0.3) is 0 Å². The number of piperidine rings is 1. The monoisotopic (exact) mass is 196 g/mol. The predicted octanol–water partition coefficient (Wildman–Crippen LogP) is 1.91. The van der Waals surface area contributed by atoms with Crippen molar-refractivity contribution in [2.75, 3.05) is 19.6 Å². The summed E-state index contributed by atoms with van der Waals surface area (Å²) in [6.07, 6.45) is 8.34. The zero-order valence-electron chi connectivity index (χ0n) is 9.44. The minimum absolute atomic E-state index is 0.539. The quantitative estimate of drug-likeness (QED) is 0.717. The predicted molar refractivity (Wildman–Crippen MR) is 60.5 cm³/mol. The van der Waals surface area contributed by atoms with Crippen molar-refractivity contribution >= 4 is 0 Å². The molecule has 0 aromatic rings. The molecule has 1 heterocycles. The maximum atomic E-state index is 3.81. The zero-order chi connectivity index (χ0) is 9.86. The van der Waals surface area contributed by atoms with Crippen LogP contribution in [0.2, 0.25) is 0 Å². The molecule has 0 spiro atoms. The Morgan fingerprint density at radius 1 is 1.36 bits per heavy atom. The van der Waals surface area contributed by atoms with Gasteiger partial charge in [-0.3, -0.25) is 0 Å². The Kier molecular flexibility index (Phi) is 3.45. The van der Waals surface area contributed by atoms with Crippen LogP contribution in [0.1, 0.15) is 45.4 Å². The van der Waals surface area contributed by atoms with E-state index in [1.807, 2.05) is 0 Å². The molecule has 1 unspecified atom stereocenters. The second-order valence-electron chi connectivity index (χ2n) is 5.08. The molecule has 0 bridgehead atoms. The summed E-state index contributed by atoms with van der Waals surface area (Å²) in [6, 6.07) is 0. The molecular weight excluding hydrogens is 172 g/mol. The molecule has 0 radical (unpaired) electrons. The lowest BCUT2D eigenvalue weighted by molar-refractivity contribution is 0.163. The van der Waals surface area contributed by atoms with Crippen LogP contribution in [0.15, 0.2) is 0 Å². The van der Waals surface area contributed by atoms with Crippen molar-refractivity contribution in [3.63, 3.8) is 0 Å². The molecule has 0 aromatic carbocycles. The fraction of sp³-hybridized carbons (Fsp3) is 1.00. The van der Waals surface area contributed by atoms with Crippen LogP contribution < -0.4 is 10.6 Å². The smallest absolute Gasteiger partial charge is 0.0179 e. The molecule has 2 aliphatic rings. The summed E-state index contributed by atoms with van der Waals surface area (Å²) >= 11 is 0. The van der Waals surface area contributed by atoms with Crippen LogP contribution in [0.5, 0.6) is 0 Å². The van der Waals surface area contributed by atoms with Crippen LogP contribution in [0, 0.1) is 5.92 Å². The molecule has 1 atom stereocenters. The topological polar surface area (TPSA) is 24.1 Å². The van der Waals surface area contributed by atoms with Crippen LogP contribution in [-0.2, 0) is 0 Å². The summed E-state index contributed by atoms with van der Waals surface area (Å²) < 4.78 is 0. The first-order valence-corrected chi connectivity index (χ1v) is 6.30. The van der Waals surface area contributed by atoms with Gasteiger partial charge in [0, 0.05) is 5.54 Å². The normalized spacial score (nSPS) is 31.1. The average Bonchev–Trinajstić information content (AvgIpc) is 2.19. The fourth-order valence-corrected chi connectivity index (χ4v) is 2.72. The van der Waals surface area contributed by atoms with E-state index in [-0.39, 0.29) is 0 Å². The van der Waals surface area contributed by atoms with E-state index in [0.29, 0.717) is 5.54 Å². The first-order chi connectivity index (χ1) is 6.85. The standard InChI is InChI=1S/C12H24N2/c1-2-12(6-4-7-12)14-10-11-5-3-8-13-9-11/h11,13-14H,2-10H2,1H3. The largest absolute Gasteiger partial charge is 0.316 e. The molecule has 1 saturated heterocycles. The zero-order valence-corrected chi connectivity index (χ0v) is 9.44. The third-order valence-corrected chi connectivity index (χ3v) is 4.15. The van der Waals surface area contributed by atoms with E-state index in [2.05, 4.69) is 17.6 Å². The van der Waals surface area contributed by atoms with Crippen molar-refractivity contribution in [1.29, 1.82) is 0 Å². The minimum Gasteiger partial charge on any atom is -0.316 e. The van der Waals surface area contributed by atoms with Crippen LogP contribution in [0.3, 0.4) is 0 Å². The van der Waals surface area contributed by atoms with E-state index in [1.54, 1.807) is 0 Å². The first-order valence-electron chi connectivity index (χ1n) is 6.30. The highest BCUT2D eigenvalue weighted by molar-refractivity contribution is 4.95. The summed E-state index contributed by atoms with van der Waals surface area (Å²) in [6.45, 7) is 6.02. The molecule has 1 saturated carbocycles. The number of hydrogen-bond donors (Lipinski definition) is 2. The highest BCUT2D eigenvalue weighted by Gasteiger charge is 2.34. The second-order valence-corrected chi connectivity index (χ2v) is 5.08. The third kappa shape index (κ3) is 2.29. The molecule has 0 amide bonds. The number of hydrogen-bond acceptors (Lipinski definition) is 2. The average molecular weight is 196 g/mol. The van der Waals surface area contributed by atoms with Gasteiger partial charge in [0.25, 0.3) is 0 Å². The van der Waals surface area contributed by atoms with Crippen molar-refractivity contribution < 1.29 is 0 Å². The van der Waals surface area contributed by atoms with Gasteiger partial charge in [0.2, 0.25) is 0 Å². The van der Waals surface area contributed by atoms with Gasteiger partial charge in [0.15, 0.2) is 0 Å². The summed E-state index contributed by atoms with van der Waals surface area (Å²) in [4.78, 5) is 0. The second kappa shape index (κ2) is 4.63. The van der Waals surface area contributed by atoms with Crippen molar-refractivity contribution in [2.45, 2.75) is 51.0 Å². The molecule has 2 rings (SSSR count). The summed E-state index contributed by atoms with van der Waals surface area (Å²) in [7, 11) is 0. The highest BCUT2D eigenvalue weighted by atomic mass is 15.0. The van der Waals surface area contributed by atoms with Gasteiger partial charge < -0.3 is 10.6 Å². The van der Waals surface area contributed by atoms with Gasteiger partial charge in [-0.1, -0.05) is 6.92 Å². The lowest BCUT2D eigenvalue weighted by atomic mass is 9.74. The van der Waals surface area contributed by atoms with E-state index >= 15 is 0 Å². The third-order valence-electron chi connectivity index (χ3n) is 4.15. The Morgan fingerprint density at radius 2 is 2.21 bits per heavy atom. The first kappa shape index (κ1) is 10.4. The van der Waals surface area contributed by atoms with Crippen LogP contribution in [0.4, 0.5) is 0 Å².